The molecule has 0 saturated carbocycles. The molecule has 0 aromatic heterocycles. The van der Waals surface area contributed by atoms with Crippen molar-refractivity contribution in [3.63, 3.8) is 0 Å². The molecule has 1 fully saturated rings. The van der Waals surface area contributed by atoms with Crippen molar-refractivity contribution in [1.82, 2.24) is 0 Å². The molecule has 36 heavy (non-hydrogen) atoms. The number of aliphatic hydroxyl groups is 1. The van der Waals surface area contributed by atoms with Crippen LogP contribution in [0.5, 0.6) is 0 Å². The van der Waals surface area contributed by atoms with E-state index >= 15 is 0 Å². The van der Waals surface area contributed by atoms with E-state index in [1.165, 1.54) is 18.2 Å². The van der Waals surface area contributed by atoms with Gasteiger partial charge in [-0.05, 0) is 42.7 Å². The zero-order valence-electron chi connectivity index (χ0n) is 18.7. The number of nitrogens with zero attached hydrogens (tertiary/aromatic N) is 3. The van der Waals surface area contributed by atoms with Gasteiger partial charge in [-0.2, -0.15) is 31.4 Å². The van der Waals surface area contributed by atoms with E-state index in [9.17, 15) is 31.4 Å². The minimum absolute atomic E-state index is 0. The molecule has 0 aliphatic carbocycles. The maximum Gasteiger partial charge on any atom is 0.431 e. The van der Waals surface area contributed by atoms with E-state index in [2.05, 4.69) is 10.0 Å². The van der Waals surface area contributed by atoms with Crippen LogP contribution in [-0.4, -0.2) is 47.9 Å². The number of halogens is 8. The van der Waals surface area contributed by atoms with Gasteiger partial charge in [0.2, 0.25) is 0 Å². The molecule has 3 N–H and O–H groups in total. The topological polar surface area (TPSA) is 65.1 Å². The highest BCUT2D eigenvalue weighted by atomic mass is 35.5. The average molecular weight is 557 g/mol. The van der Waals surface area contributed by atoms with E-state index in [0.717, 1.165) is 36.6 Å². The van der Waals surface area contributed by atoms with Crippen molar-refractivity contribution in [2.45, 2.75) is 49.3 Å². The number of hydrazone groups is 1. The highest BCUT2D eigenvalue weighted by Gasteiger charge is 2.74. The molecule has 13 heteroatoms. The molecular formula is C23H24Cl2F6N4O. The summed E-state index contributed by atoms with van der Waals surface area (Å²) in [6, 6.07) is 11.9. The Balaban J connectivity index is 0.00000361. The second-order valence-corrected chi connectivity index (χ2v) is 9.09. The fraction of sp³-hybridized carbons (Fsp3) is 0.435. The lowest BCUT2D eigenvalue weighted by atomic mass is 9.89. The first kappa shape index (κ1) is 28.4. The standard InChI is InChI=1S/C23H23ClF6N4O.ClH/c24-17-3-1-2-4-18(17)34-19(13-20(32-34)21(35,22(25,26)27)23(28,29)30)14-5-7-16(8-6-14)33-11-9-15(31)10-12-33;/h1-8,15,19,35H,9-13,31H2;1H. The van der Waals surface area contributed by atoms with Crippen LogP contribution < -0.4 is 15.6 Å². The Morgan fingerprint density at radius 2 is 1.47 bits per heavy atom. The lowest BCUT2D eigenvalue weighted by molar-refractivity contribution is -0.338. The lowest BCUT2D eigenvalue weighted by Gasteiger charge is -2.32. The van der Waals surface area contributed by atoms with Crippen molar-refractivity contribution >= 4 is 41.1 Å². The summed E-state index contributed by atoms with van der Waals surface area (Å²) >= 11 is 6.20. The quantitative estimate of drug-likeness (QED) is 0.463. The van der Waals surface area contributed by atoms with Crippen molar-refractivity contribution in [3.05, 3.63) is 59.1 Å². The summed E-state index contributed by atoms with van der Waals surface area (Å²) in [7, 11) is 0. The van der Waals surface area contributed by atoms with Gasteiger partial charge in [-0.25, -0.2) is 0 Å². The van der Waals surface area contributed by atoms with Gasteiger partial charge in [0.25, 0.3) is 5.60 Å². The molecule has 0 bridgehead atoms. The first-order valence-corrected chi connectivity index (χ1v) is 11.3. The Hall–Kier alpha value is -2.21. The number of para-hydroxylation sites is 1. The van der Waals surface area contributed by atoms with Crippen molar-refractivity contribution in [2.24, 2.45) is 10.8 Å². The Morgan fingerprint density at radius 1 is 0.917 bits per heavy atom. The zero-order chi connectivity index (χ0) is 25.6. The molecule has 198 valence electrons. The Kier molecular flexibility index (Phi) is 8.10. The lowest BCUT2D eigenvalue weighted by Crippen LogP contribution is -2.62. The summed E-state index contributed by atoms with van der Waals surface area (Å²) in [5.74, 6) is 0. The largest absolute Gasteiger partial charge is 0.431 e. The minimum atomic E-state index is -6.02. The van der Waals surface area contributed by atoms with E-state index in [-0.39, 0.29) is 29.2 Å². The Labute approximate surface area is 214 Å². The molecule has 0 amide bonds. The summed E-state index contributed by atoms with van der Waals surface area (Å²) in [4.78, 5) is 2.11. The van der Waals surface area contributed by atoms with Gasteiger partial charge in [-0.3, -0.25) is 5.01 Å². The number of piperidine rings is 1. The normalized spacial score (nSPS) is 19.8. The molecule has 4 rings (SSSR count). The van der Waals surface area contributed by atoms with Crippen LogP contribution >= 0.6 is 24.0 Å². The third-order valence-electron chi connectivity index (χ3n) is 6.43. The fourth-order valence-electron chi connectivity index (χ4n) is 4.40. The van der Waals surface area contributed by atoms with Gasteiger partial charge in [-0.15, -0.1) is 12.4 Å². The van der Waals surface area contributed by atoms with Gasteiger partial charge in [0, 0.05) is 31.2 Å². The van der Waals surface area contributed by atoms with E-state index in [1.807, 2.05) is 0 Å². The fourth-order valence-corrected chi connectivity index (χ4v) is 4.62. The van der Waals surface area contributed by atoms with E-state index in [1.54, 1.807) is 30.3 Å². The molecule has 1 unspecified atom stereocenters. The smallest absolute Gasteiger partial charge is 0.371 e. The van der Waals surface area contributed by atoms with E-state index in [0.29, 0.717) is 5.56 Å². The molecule has 2 aromatic rings. The molecule has 2 aliphatic rings. The molecular weight excluding hydrogens is 533 g/mol. The molecule has 0 radical (unpaired) electrons. The number of alkyl halides is 6. The molecule has 2 aromatic carbocycles. The maximum absolute atomic E-state index is 13.6. The molecule has 2 aliphatic heterocycles. The van der Waals surface area contributed by atoms with Gasteiger partial charge >= 0.3 is 12.4 Å². The predicted octanol–water partition coefficient (Wildman–Crippen LogP) is 5.85. The maximum atomic E-state index is 13.6. The van der Waals surface area contributed by atoms with Crippen LogP contribution in [-0.2, 0) is 0 Å². The van der Waals surface area contributed by atoms with Crippen molar-refractivity contribution in [2.75, 3.05) is 23.0 Å². The van der Waals surface area contributed by atoms with Gasteiger partial charge in [-0.1, -0.05) is 35.9 Å². The number of hydrogen-bond acceptors (Lipinski definition) is 5. The second kappa shape index (κ2) is 10.3. The van der Waals surface area contributed by atoms with Crippen LogP contribution in [0.15, 0.2) is 53.6 Å². The van der Waals surface area contributed by atoms with Crippen LogP contribution in [0, 0.1) is 0 Å². The molecule has 0 spiro atoms. The first-order chi connectivity index (χ1) is 16.3. The Bertz CT molecular complexity index is 1070. The summed E-state index contributed by atoms with van der Waals surface area (Å²) in [6.07, 6.45) is -11.2. The summed E-state index contributed by atoms with van der Waals surface area (Å²) in [6.45, 7) is 1.49. The van der Waals surface area contributed by atoms with Crippen LogP contribution in [0.4, 0.5) is 37.7 Å². The predicted molar refractivity (Wildman–Crippen MR) is 129 cm³/mol. The van der Waals surface area contributed by atoms with Crippen LogP contribution in [0.25, 0.3) is 0 Å². The van der Waals surface area contributed by atoms with Crippen LogP contribution in [0.3, 0.4) is 0 Å². The third-order valence-corrected chi connectivity index (χ3v) is 6.75. The zero-order valence-corrected chi connectivity index (χ0v) is 20.3. The summed E-state index contributed by atoms with van der Waals surface area (Å²) in [5, 5.41) is 14.7. The van der Waals surface area contributed by atoms with Gasteiger partial charge < -0.3 is 15.7 Å². The van der Waals surface area contributed by atoms with Crippen molar-refractivity contribution in [1.29, 1.82) is 0 Å². The summed E-state index contributed by atoms with van der Waals surface area (Å²) < 4.78 is 81.4. The second-order valence-electron chi connectivity index (χ2n) is 8.68. The Morgan fingerprint density at radius 3 is 2.00 bits per heavy atom. The number of benzene rings is 2. The highest BCUT2D eigenvalue weighted by molar-refractivity contribution is 6.33. The number of hydrogen-bond donors (Lipinski definition) is 2. The SMILES string of the molecule is Cl.NC1CCN(c2ccc(C3CC(C(O)(C(F)(F)F)C(F)(F)F)=NN3c3ccccc3Cl)cc2)CC1. The molecule has 1 saturated heterocycles. The minimum Gasteiger partial charge on any atom is -0.371 e. The van der Waals surface area contributed by atoms with Crippen LogP contribution in [0.1, 0.15) is 30.9 Å². The molecule has 2 heterocycles. The molecule has 1 atom stereocenters. The number of rotatable bonds is 4. The average Bonchev–Trinajstić information content (AvgIpc) is 3.23. The number of nitrogens with two attached hydrogens (primary N) is 1. The monoisotopic (exact) mass is 556 g/mol. The van der Waals surface area contributed by atoms with Crippen LogP contribution in [0.2, 0.25) is 5.02 Å². The van der Waals surface area contributed by atoms with E-state index in [4.69, 9.17) is 17.3 Å². The molecule has 5 nitrogen and oxygen atoms in total. The van der Waals surface area contributed by atoms with E-state index < -0.39 is 36.1 Å². The van der Waals surface area contributed by atoms with Gasteiger partial charge in [0.15, 0.2) is 0 Å². The third kappa shape index (κ3) is 5.11. The first-order valence-electron chi connectivity index (χ1n) is 10.9. The van der Waals surface area contributed by atoms with Gasteiger partial charge in [0.1, 0.15) is 0 Å². The van der Waals surface area contributed by atoms with Crippen molar-refractivity contribution in [3.8, 4) is 0 Å². The van der Waals surface area contributed by atoms with Gasteiger partial charge in [0.05, 0.1) is 22.5 Å². The van der Waals surface area contributed by atoms with Crippen molar-refractivity contribution < 1.29 is 31.4 Å². The highest BCUT2D eigenvalue weighted by Crippen LogP contribution is 2.49. The summed E-state index contributed by atoms with van der Waals surface area (Å²) in [5.41, 5.74) is 0.804. The number of anilines is 2.